The minimum Gasteiger partial charge on any atom is -0.464 e. The zero-order chi connectivity index (χ0) is 28.3. The van der Waals surface area contributed by atoms with E-state index in [1.54, 1.807) is 60.6 Å². The van der Waals surface area contributed by atoms with E-state index in [1.807, 2.05) is 18.2 Å². The highest BCUT2D eigenvalue weighted by molar-refractivity contribution is 5.78. The smallest absolute Gasteiger partial charge is 0.338 e. The molecule has 0 aromatic heterocycles. The lowest BCUT2D eigenvalue weighted by atomic mass is 9.81. The highest BCUT2D eigenvalue weighted by Crippen LogP contribution is 2.49. The molecule has 0 aliphatic carbocycles. The van der Waals surface area contributed by atoms with Crippen molar-refractivity contribution in [1.82, 2.24) is 0 Å². The normalized spacial score (nSPS) is 29.6. The van der Waals surface area contributed by atoms with Gasteiger partial charge in [0.15, 0.2) is 30.4 Å². The summed E-state index contributed by atoms with van der Waals surface area (Å²) in [7, 11) is 1.39. The molecule has 0 radical (unpaired) electrons. The Hall–Kier alpha value is -2.53. The predicted molar refractivity (Wildman–Crippen MR) is 135 cm³/mol. The molecule has 1 aromatic carbocycles. The van der Waals surface area contributed by atoms with Gasteiger partial charge in [-0.3, -0.25) is 9.59 Å². The highest BCUT2D eigenvalue weighted by Gasteiger charge is 2.66. The molecule has 0 saturated carbocycles. The lowest BCUT2D eigenvalue weighted by molar-refractivity contribution is -0.305. The van der Waals surface area contributed by atoms with Crippen molar-refractivity contribution in [3.63, 3.8) is 0 Å². The molecule has 0 N–H and O–H groups in total. The molecule has 2 heterocycles. The lowest BCUT2D eigenvalue weighted by Crippen LogP contribution is -2.66. The van der Waals surface area contributed by atoms with Crippen LogP contribution in [0.4, 0.5) is 0 Å². The number of carbonyl (C=O) groups is 3. The molecule has 10 nitrogen and oxygen atoms in total. The van der Waals surface area contributed by atoms with Crippen molar-refractivity contribution in [3.8, 4) is 0 Å². The standard InChI is InChI=1S/C28H40O10/c1-9-33-21(29)19-28(38-22(36-19)17-13-11-10-12-14-17)15-18(16-34-24(30)26(2,3)4)35-23(32-8)20(28)37-25(31)27(5,6)7/h10-14,18-20,22-23H,9,15-16H2,1-8H3/t18-,19-,20-,22?,23-,28+/m0/s1. The molecule has 212 valence electrons. The summed E-state index contributed by atoms with van der Waals surface area (Å²) in [4.78, 5) is 38.8. The summed E-state index contributed by atoms with van der Waals surface area (Å²) < 4.78 is 41.2. The number of carbonyl (C=O) groups excluding carboxylic acids is 3. The zero-order valence-electron chi connectivity index (χ0n) is 23.5. The Kier molecular flexibility index (Phi) is 9.24. The molecule has 0 bridgehead atoms. The first kappa shape index (κ1) is 30.0. The fraction of sp³-hybridized carbons (Fsp3) is 0.679. The summed E-state index contributed by atoms with van der Waals surface area (Å²) in [6.07, 6.45) is -5.35. The molecule has 10 heteroatoms. The third kappa shape index (κ3) is 6.54. The SMILES string of the molecule is CCOC(=O)[C@@H]1OC(c2ccccc2)O[C@]12C[C@@H](COC(=O)C(C)(C)C)O[C@H](OC)[C@@H]2OC(=O)C(C)(C)C. The van der Waals surface area contributed by atoms with E-state index in [-0.39, 0.29) is 19.6 Å². The molecule has 0 amide bonds. The van der Waals surface area contributed by atoms with Crippen LogP contribution < -0.4 is 0 Å². The van der Waals surface area contributed by atoms with Crippen molar-refractivity contribution in [1.29, 1.82) is 0 Å². The van der Waals surface area contributed by atoms with Gasteiger partial charge in [0.2, 0.25) is 0 Å². The van der Waals surface area contributed by atoms with Crippen molar-refractivity contribution < 1.29 is 47.5 Å². The number of ether oxygens (including phenoxy) is 7. The summed E-state index contributed by atoms with van der Waals surface area (Å²) >= 11 is 0. The van der Waals surface area contributed by atoms with Crippen molar-refractivity contribution >= 4 is 17.9 Å². The molecular weight excluding hydrogens is 496 g/mol. The van der Waals surface area contributed by atoms with Gasteiger partial charge in [-0.15, -0.1) is 0 Å². The van der Waals surface area contributed by atoms with Gasteiger partial charge >= 0.3 is 17.9 Å². The molecule has 3 rings (SSSR count). The average Bonchev–Trinajstić information content (AvgIpc) is 3.22. The van der Waals surface area contributed by atoms with Crippen molar-refractivity contribution in [2.24, 2.45) is 10.8 Å². The summed E-state index contributed by atoms with van der Waals surface area (Å²) in [6, 6.07) is 9.09. The quantitative estimate of drug-likeness (QED) is 0.377. The van der Waals surface area contributed by atoms with Crippen LogP contribution in [-0.4, -0.2) is 68.4 Å². The Bertz CT molecular complexity index is 980. The van der Waals surface area contributed by atoms with Gasteiger partial charge in [-0.05, 0) is 48.5 Å². The largest absolute Gasteiger partial charge is 0.464 e. The van der Waals surface area contributed by atoms with Crippen LogP contribution in [0.15, 0.2) is 30.3 Å². The first-order valence-corrected chi connectivity index (χ1v) is 12.8. The number of methoxy groups -OCH3 is 1. The van der Waals surface area contributed by atoms with Gasteiger partial charge in [-0.25, -0.2) is 4.79 Å². The molecule has 38 heavy (non-hydrogen) atoms. The Balaban J connectivity index is 2.05. The van der Waals surface area contributed by atoms with Gasteiger partial charge < -0.3 is 33.2 Å². The Labute approximate surface area is 224 Å². The fourth-order valence-corrected chi connectivity index (χ4v) is 4.25. The molecule has 1 aromatic rings. The third-order valence-electron chi connectivity index (χ3n) is 6.30. The van der Waals surface area contributed by atoms with Crippen molar-refractivity contribution in [2.45, 2.75) is 91.4 Å². The van der Waals surface area contributed by atoms with Crippen molar-refractivity contribution in [2.75, 3.05) is 20.3 Å². The average molecular weight is 537 g/mol. The van der Waals surface area contributed by atoms with Gasteiger partial charge in [-0.1, -0.05) is 30.3 Å². The number of esters is 3. The third-order valence-corrected chi connectivity index (χ3v) is 6.30. The molecule has 1 spiro atoms. The van der Waals surface area contributed by atoms with Gasteiger partial charge in [0.1, 0.15) is 6.61 Å². The number of hydrogen-bond acceptors (Lipinski definition) is 10. The predicted octanol–water partition coefficient (Wildman–Crippen LogP) is 3.71. The van der Waals surface area contributed by atoms with E-state index in [4.69, 9.17) is 33.2 Å². The molecule has 2 aliphatic rings. The minimum absolute atomic E-state index is 0.000807. The molecule has 2 fully saturated rings. The molecule has 2 saturated heterocycles. The number of benzene rings is 1. The van der Waals surface area contributed by atoms with Crippen LogP contribution in [0.3, 0.4) is 0 Å². The van der Waals surface area contributed by atoms with Gasteiger partial charge in [0.25, 0.3) is 0 Å². The van der Waals surface area contributed by atoms with Crippen LogP contribution in [0, 0.1) is 10.8 Å². The van der Waals surface area contributed by atoms with Crippen LogP contribution in [0.25, 0.3) is 0 Å². The highest BCUT2D eigenvalue weighted by atomic mass is 16.8. The Morgan fingerprint density at radius 2 is 1.58 bits per heavy atom. The summed E-state index contributed by atoms with van der Waals surface area (Å²) in [6.45, 7) is 12.0. The molecule has 6 atom stereocenters. The van der Waals surface area contributed by atoms with E-state index in [1.165, 1.54) is 7.11 Å². The number of rotatable bonds is 7. The topological polar surface area (TPSA) is 116 Å². The van der Waals surface area contributed by atoms with Crippen LogP contribution >= 0.6 is 0 Å². The fourth-order valence-electron chi connectivity index (χ4n) is 4.25. The van der Waals surface area contributed by atoms with Crippen molar-refractivity contribution in [3.05, 3.63) is 35.9 Å². The summed E-state index contributed by atoms with van der Waals surface area (Å²) in [5.41, 5.74) is -2.49. The van der Waals surface area contributed by atoms with E-state index in [0.29, 0.717) is 5.56 Å². The van der Waals surface area contributed by atoms with Gasteiger partial charge in [-0.2, -0.15) is 0 Å². The second-order valence-electron chi connectivity index (χ2n) is 11.6. The first-order chi connectivity index (χ1) is 17.7. The first-order valence-electron chi connectivity index (χ1n) is 12.8. The monoisotopic (exact) mass is 536 g/mol. The maximum atomic E-state index is 13.3. The van der Waals surface area contributed by atoms with E-state index in [0.717, 1.165) is 0 Å². The minimum atomic E-state index is -1.56. The van der Waals surface area contributed by atoms with E-state index < -0.39 is 65.2 Å². The van der Waals surface area contributed by atoms with Gasteiger partial charge in [0.05, 0.1) is 23.5 Å². The Morgan fingerprint density at radius 3 is 2.13 bits per heavy atom. The molecule has 1 unspecified atom stereocenters. The van der Waals surface area contributed by atoms with E-state index >= 15 is 0 Å². The second-order valence-corrected chi connectivity index (χ2v) is 11.6. The van der Waals surface area contributed by atoms with Crippen LogP contribution in [-0.2, 0) is 47.5 Å². The van der Waals surface area contributed by atoms with Crippen LogP contribution in [0.5, 0.6) is 0 Å². The zero-order valence-corrected chi connectivity index (χ0v) is 23.5. The van der Waals surface area contributed by atoms with Crippen LogP contribution in [0.1, 0.15) is 66.7 Å². The number of hydrogen-bond donors (Lipinski definition) is 0. The lowest BCUT2D eigenvalue weighted by Gasteiger charge is -2.47. The van der Waals surface area contributed by atoms with Crippen LogP contribution in [0.2, 0.25) is 0 Å². The van der Waals surface area contributed by atoms with Gasteiger partial charge in [0, 0.05) is 19.1 Å². The summed E-state index contributed by atoms with van der Waals surface area (Å²) in [5, 5.41) is 0. The van der Waals surface area contributed by atoms with E-state index in [2.05, 4.69) is 0 Å². The second kappa shape index (κ2) is 11.7. The maximum absolute atomic E-state index is 13.3. The summed E-state index contributed by atoms with van der Waals surface area (Å²) in [5.74, 6) is -1.64. The van der Waals surface area contributed by atoms with E-state index in [9.17, 15) is 14.4 Å². The Morgan fingerprint density at radius 1 is 0.947 bits per heavy atom. The molecule has 2 aliphatic heterocycles. The molecular formula is C28H40O10. The maximum Gasteiger partial charge on any atom is 0.338 e.